The summed E-state index contributed by atoms with van der Waals surface area (Å²) in [5, 5.41) is 0. The molecule has 0 aromatic carbocycles. The molecule has 8 aliphatic carbocycles. The minimum atomic E-state index is 0. The summed E-state index contributed by atoms with van der Waals surface area (Å²) in [5.41, 5.74) is 5.56. The van der Waals surface area contributed by atoms with E-state index in [-0.39, 0.29) is 34.0 Å². The number of nitrogens with zero attached hydrogens (tertiary/aromatic N) is 2. The molecule has 0 radical (unpaired) electrons. The smallest absolute Gasteiger partial charge is 0.102 e. The fourth-order valence-corrected chi connectivity index (χ4v) is 19.8. The summed E-state index contributed by atoms with van der Waals surface area (Å²) in [6, 6.07) is 0. The van der Waals surface area contributed by atoms with Crippen molar-refractivity contribution in [1.29, 1.82) is 0 Å². The highest BCUT2D eigenvalue weighted by molar-refractivity contribution is 5.27. The fraction of sp³-hybridized carbons (Fsp3) is 0.939. The lowest BCUT2D eigenvalue weighted by Crippen LogP contribution is -3.00. The van der Waals surface area contributed by atoms with Gasteiger partial charge >= 0.3 is 0 Å². The number of halogens is 2. The minimum Gasteiger partial charge on any atom is -1.00 e. The van der Waals surface area contributed by atoms with Crippen LogP contribution in [0.25, 0.3) is 0 Å². The average Bonchev–Trinajstić information content (AvgIpc) is 3.84. The number of fused-ring (bicyclic) bond motifs is 10. The van der Waals surface area contributed by atoms with Crippen molar-refractivity contribution in [3.05, 3.63) is 23.3 Å². The maximum absolute atomic E-state index is 6.80. The molecule has 0 bridgehead atoms. The third kappa shape index (κ3) is 13.3. The van der Waals surface area contributed by atoms with Crippen LogP contribution in [0.2, 0.25) is 0 Å². The Hall–Kier alpha value is 0.280. The molecule has 6 heteroatoms. The van der Waals surface area contributed by atoms with Crippen molar-refractivity contribution >= 4 is 0 Å². The third-order valence-corrected chi connectivity index (χ3v) is 24.4. The van der Waals surface area contributed by atoms with Crippen LogP contribution < -0.4 is 34.0 Å². The summed E-state index contributed by atoms with van der Waals surface area (Å²) < 4.78 is 15.7. The topological polar surface area (TPSA) is 18.5 Å². The van der Waals surface area contributed by atoms with Crippen LogP contribution in [0.1, 0.15) is 223 Å². The predicted octanol–water partition coefficient (Wildman–Crippen LogP) is 10.8. The Bertz CT molecular complexity index is 1650. The van der Waals surface area contributed by atoms with Crippen LogP contribution in [-0.4, -0.2) is 88.8 Å². The van der Waals surface area contributed by atoms with Gasteiger partial charge in [0.15, 0.2) is 0 Å². The van der Waals surface area contributed by atoms with Crippen LogP contribution >= 0.6 is 0 Å². The van der Waals surface area contributed by atoms with E-state index in [0.717, 1.165) is 106 Å². The Balaban J connectivity index is 0.00000423. The van der Waals surface area contributed by atoms with Crippen LogP contribution in [-0.2, 0) is 9.47 Å². The number of allylic oxidation sites excluding steroid dienone is 2. The molecular weight excluding hydrogens is 1010 g/mol. The van der Waals surface area contributed by atoms with Gasteiger partial charge in [-0.15, -0.1) is 0 Å². The van der Waals surface area contributed by atoms with Gasteiger partial charge in [0.25, 0.3) is 0 Å². The van der Waals surface area contributed by atoms with Gasteiger partial charge < -0.3 is 52.4 Å². The van der Waals surface area contributed by atoms with Crippen LogP contribution in [0.3, 0.4) is 0 Å². The molecule has 0 aromatic rings. The molecule has 6 fully saturated rings. The number of hydrogen-bond donors (Lipinski definition) is 0. The minimum absolute atomic E-state index is 0. The molecule has 4 nitrogen and oxygen atoms in total. The first-order valence-electron chi connectivity index (χ1n) is 31.3. The summed E-state index contributed by atoms with van der Waals surface area (Å²) >= 11 is 0. The fourth-order valence-electron chi connectivity index (χ4n) is 19.8. The molecule has 8 rings (SSSR count). The number of ether oxygens (including phenoxy) is 2. The van der Waals surface area contributed by atoms with Gasteiger partial charge in [-0.25, -0.2) is 0 Å². The first kappa shape index (κ1) is 61.5. The highest BCUT2D eigenvalue weighted by atomic mass is 79.9. The summed E-state index contributed by atoms with van der Waals surface area (Å²) in [6.45, 7) is 32.3. The summed E-state index contributed by atoms with van der Waals surface area (Å²) in [5.74, 6) is 10.9. The average molecular weight is 1130 g/mol. The van der Waals surface area contributed by atoms with Crippen molar-refractivity contribution in [2.24, 2.45) is 92.7 Å². The van der Waals surface area contributed by atoms with Crippen molar-refractivity contribution < 1.29 is 52.4 Å². The van der Waals surface area contributed by atoms with Crippen molar-refractivity contribution in [2.75, 3.05) is 67.6 Å². The lowest BCUT2D eigenvalue weighted by atomic mass is 9.47. The highest BCUT2D eigenvalue weighted by Crippen LogP contribution is 2.69. The van der Waals surface area contributed by atoms with Crippen LogP contribution in [0.5, 0.6) is 0 Å². The molecule has 418 valence electrons. The normalized spacial score (nSPS) is 39.3. The standard InChI is InChI=1S/C66H118N2O2.2BrH/c1-47(2)19-17-21-49(5)57-27-29-59-55-25-23-51-45-53(31-35-63(51,7)61(55)33-37-65(57,59)9)69-43-41-67(11,12)39-15-16-40-68(13,14)42-44-70-54-32-36-64(8)52(46-54)24-26-56-60-30-28-58(50(6)22-18-20-48(3)4)66(60,10)38-34-62(56)64;;/h23-24,47-50,53-62H,15-22,25-46H2,1-14H3;2*1H/q+2;;/p-2/t49-,50-,53+,54+,55+,56+,57-,58-,59+,60+,61+,62+,63+,64+,65-,66-;;/m1../s1. The van der Waals surface area contributed by atoms with Crippen molar-refractivity contribution in [3.63, 3.8) is 0 Å². The van der Waals surface area contributed by atoms with Gasteiger partial charge in [0.2, 0.25) is 0 Å². The van der Waals surface area contributed by atoms with E-state index >= 15 is 0 Å². The zero-order valence-electron chi connectivity index (χ0n) is 49.9. The molecule has 6 saturated carbocycles. The zero-order valence-corrected chi connectivity index (χ0v) is 53.1. The molecule has 0 amide bonds. The Morgan fingerprint density at radius 1 is 0.472 bits per heavy atom. The van der Waals surface area contributed by atoms with E-state index in [1.54, 1.807) is 11.1 Å². The van der Waals surface area contributed by atoms with Gasteiger partial charge in [-0.05, 0) is 195 Å². The van der Waals surface area contributed by atoms with Gasteiger partial charge in [-0.3, -0.25) is 0 Å². The number of likely N-dealkylation sites (N-methyl/N-ethyl adjacent to an activating group) is 2. The number of rotatable bonds is 23. The first-order valence-corrected chi connectivity index (χ1v) is 31.3. The molecule has 0 heterocycles. The lowest BCUT2D eigenvalue weighted by Gasteiger charge is -2.58. The lowest BCUT2D eigenvalue weighted by molar-refractivity contribution is -0.897. The Morgan fingerprint density at radius 3 is 1.24 bits per heavy atom. The van der Waals surface area contributed by atoms with Gasteiger partial charge in [0, 0.05) is 12.8 Å². The molecule has 8 aliphatic rings. The molecule has 0 spiro atoms. The highest BCUT2D eigenvalue weighted by Gasteiger charge is 2.61. The maximum Gasteiger partial charge on any atom is 0.102 e. The van der Waals surface area contributed by atoms with Crippen LogP contribution in [0, 0.1) is 92.7 Å². The second kappa shape index (κ2) is 25.2. The van der Waals surface area contributed by atoms with E-state index in [1.807, 2.05) is 0 Å². The van der Waals surface area contributed by atoms with E-state index in [2.05, 4.69) is 110 Å². The molecule has 0 N–H and O–H groups in total. The third-order valence-electron chi connectivity index (χ3n) is 24.4. The monoisotopic (exact) mass is 1130 g/mol. The van der Waals surface area contributed by atoms with Crippen molar-refractivity contribution in [3.8, 4) is 0 Å². The van der Waals surface area contributed by atoms with E-state index in [1.165, 1.54) is 167 Å². The second-order valence-corrected chi connectivity index (χ2v) is 30.5. The summed E-state index contributed by atoms with van der Waals surface area (Å²) in [6.07, 6.45) is 39.7. The molecule has 0 saturated heterocycles. The second-order valence-electron chi connectivity index (χ2n) is 30.5. The largest absolute Gasteiger partial charge is 1.00 e. The van der Waals surface area contributed by atoms with Gasteiger partial charge in [0.05, 0.1) is 66.7 Å². The van der Waals surface area contributed by atoms with Crippen LogP contribution in [0.15, 0.2) is 23.3 Å². The van der Waals surface area contributed by atoms with Crippen molar-refractivity contribution in [1.82, 2.24) is 0 Å². The van der Waals surface area contributed by atoms with E-state index in [4.69, 9.17) is 9.47 Å². The summed E-state index contributed by atoms with van der Waals surface area (Å²) in [4.78, 5) is 0. The number of hydrogen-bond acceptors (Lipinski definition) is 2. The Kier molecular flexibility index (Phi) is 21.5. The first-order chi connectivity index (χ1) is 33.1. The molecule has 0 aliphatic heterocycles. The molecule has 0 unspecified atom stereocenters. The van der Waals surface area contributed by atoms with Gasteiger partial charge in [-0.2, -0.15) is 0 Å². The van der Waals surface area contributed by atoms with Crippen LogP contribution in [0.4, 0.5) is 0 Å². The van der Waals surface area contributed by atoms with Crippen molar-refractivity contribution in [2.45, 2.75) is 236 Å². The Labute approximate surface area is 468 Å². The van der Waals surface area contributed by atoms with E-state index in [9.17, 15) is 0 Å². The maximum atomic E-state index is 6.80. The van der Waals surface area contributed by atoms with E-state index in [0.29, 0.717) is 33.9 Å². The quantitative estimate of drug-likeness (QED) is 0.0577. The zero-order chi connectivity index (χ0) is 50.3. The molecular formula is C66H118Br2N2O2. The molecule has 16 atom stereocenters. The number of unbranched alkanes of at least 4 members (excludes halogenated alkanes) is 1. The SMILES string of the molecule is CC(C)CCC[C@@H](C)[C@H]1CC[C@H]2[C@@H]3CC=C4C[C@@H](OCC[N+](C)(C)CCCC[N+](C)(C)CCO[C@H]5CC[C@@]6(C)C(=CC[C@H]7[C@@H]8CC[C@H]([C@H](C)CCCC(C)C)[C@@]8(C)CC[C@@H]76)C5)CC[C@]4(C)[C@H]3CC[C@]12C.[Br-].[Br-]. The molecule has 0 aromatic heterocycles. The summed E-state index contributed by atoms with van der Waals surface area (Å²) in [7, 11) is 9.77. The van der Waals surface area contributed by atoms with Gasteiger partial charge in [0.1, 0.15) is 13.1 Å². The number of quaternary nitrogens is 2. The van der Waals surface area contributed by atoms with E-state index < -0.39 is 0 Å². The molecule has 72 heavy (non-hydrogen) atoms. The van der Waals surface area contributed by atoms with Gasteiger partial charge in [-0.1, -0.05) is 131 Å². The Morgan fingerprint density at radius 2 is 0.861 bits per heavy atom. The predicted molar refractivity (Wildman–Crippen MR) is 298 cm³/mol.